The number of hydrogen-bond donors (Lipinski definition) is 2. The molecule has 0 atom stereocenters. The largest absolute Gasteiger partial charge is 0.341 e. The molecule has 0 unspecified atom stereocenters. The number of aromatic amines is 1. The molecule has 0 radical (unpaired) electrons. The zero-order valence-electron chi connectivity index (χ0n) is 9.28. The van der Waals surface area contributed by atoms with E-state index in [0.29, 0.717) is 0 Å². The van der Waals surface area contributed by atoms with E-state index in [1.54, 1.807) is 11.3 Å². The van der Waals surface area contributed by atoms with Crippen LogP contribution >= 0.6 is 11.3 Å². The first-order valence-electron chi connectivity index (χ1n) is 5.68. The minimum absolute atomic E-state index is 0.790. The standard InChI is InChI=1S/C12H17N3S/c13-7-3-1-2-6-12-14-9-10(15-12)11-5-4-8-16-11/h4-5,8-9H,1-3,6-7,13H2,(H,14,15). The molecular weight excluding hydrogens is 218 g/mol. The van der Waals surface area contributed by atoms with Crippen LogP contribution in [0, 0.1) is 0 Å². The van der Waals surface area contributed by atoms with Gasteiger partial charge in [-0.3, -0.25) is 0 Å². The van der Waals surface area contributed by atoms with E-state index in [2.05, 4.69) is 27.5 Å². The first-order chi connectivity index (χ1) is 7.90. The number of rotatable bonds is 6. The zero-order valence-corrected chi connectivity index (χ0v) is 10.1. The van der Waals surface area contributed by atoms with Crippen molar-refractivity contribution in [3.8, 4) is 10.6 Å². The van der Waals surface area contributed by atoms with Gasteiger partial charge in [0.15, 0.2) is 0 Å². The number of unbranched alkanes of at least 4 members (excludes halogenated alkanes) is 2. The predicted octanol–water partition coefficient (Wildman–Crippen LogP) is 2.81. The number of nitrogens with two attached hydrogens (primary N) is 1. The molecule has 2 heterocycles. The Morgan fingerprint density at radius 1 is 1.31 bits per heavy atom. The van der Waals surface area contributed by atoms with E-state index >= 15 is 0 Å². The maximum absolute atomic E-state index is 5.45. The highest BCUT2D eigenvalue weighted by Gasteiger charge is 2.03. The number of hydrogen-bond acceptors (Lipinski definition) is 3. The molecule has 2 aromatic rings. The molecule has 0 aromatic carbocycles. The van der Waals surface area contributed by atoms with Crippen LogP contribution in [0.15, 0.2) is 23.7 Å². The molecule has 2 rings (SSSR count). The first-order valence-corrected chi connectivity index (χ1v) is 6.56. The number of imidazole rings is 1. The van der Waals surface area contributed by atoms with Gasteiger partial charge in [0.2, 0.25) is 0 Å². The smallest absolute Gasteiger partial charge is 0.106 e. The van der Waals surface area contributed by atoms with Crippen molar-refractivity contribution in [2.45, 2.75) is 25.7 Å². The Morgan fingerprint density at radius 3 is 3.00 bits per heavy atom. The average molecular weight is 235 g/mol. The number of nitrogens with zero attached hydrogens (tertiary/aromatic N) is 1. The van der Waals surface area contributed by atoms with Gasteiger partial charge in [-0.05, 0) is 30.8 Å². The SMILES string of the molecule is NCCCCCc1ncc(-c2cccs2)[nH]1. The summed E-state index contributed by atoms with van der Waals surface area (Å²) in [4.78, 5) is 9.00. The second-order valence-corrected chi connectivity index (χ2v) is 4.77. The molecule has 0 fully saturated rings. The van der Waals surface area contributed by atoms with Crippen LogP contribution in [0.3, 0.4) is 0 Å². The second kappa shape index (κ2) is 5.82. The van der Waals surface area contributed by atoms with Gasteiger partial charge in [-0.15, -0.1) is 11.3 Å². The summed E-state index contributed by atoms with van der Waals surface area (Å²) < 4.78 is 0. The van der Waals surface area contributed by atoms with Crippen LogP contribution in [0.4, 0.5) is 0 Å². The summed E-state index contributed by atoms with van der Waals surface area (Å²) in [6.45, 7) is 0.790. The van der Waals surface area contributed by atoms with Gasteiger partial charge in [0, 0.05) is 6.42 Å². The van der Waals surface area contributed by atoms with E-state index < -0.39 is 0 Å². The summed E-state index contributed by atoms with van der Waals surface area (Å²) in [6.07, 6.45) is 6.40. The maximum Gasteiger partial charge on any atom is 0.106 e. The van der Waals surface area contributed by atoms with Crippen molar-refractivity contribution in [3.63, 3.8) is 0 Å². The predicted molar refractivity (Wildman–Crippen MR) is 68.5 cm³/mol. The summed E-state index contributed by atoms with van der Waals surface area (Å²) in [5.41, 5.74) is 6.58. The lowest BCUT2D eigenvalue weighted by Crippen LogP contribution is -1.98. The number of aromatic nitrogens is 2. The summed E-state index contributed by atoms with van der Waals surface area (Å²) in [5, 5.41) is 2.08. The molecule has 86 valence electrons. The molecule has 0 amide bonds. The van der Waals surface area contributed by atoms with Gasteiger partial charge in [-0.2, -0.15) is 0 Å². The highest BCUT2D eigenvalue weighted by molar-refractivity contribution is 7.13. The molecule has 0 aliphatic rings. The topological polar surface area (TPSA) is 54.7 Å². The summed E-state index contributed by atoms with van der Waals surface area (Å²) >= 11 is 1.73. The lowest BCUT2D eigenvalue weighted by atomic mass is 10.2. The molecule has 0 saturated heterocycles. The molecular formula is C12H17N3S. The molecule has 4 heteroatoms. The number of H-pyrrole nitrogens is 1. The molecule has 16 heavy (non-hydrogen) atoms. The minimum atomic E-state index is 0.790. The van der Waals surface area contributed by atoms with Gasteiger partial charge in [0.1, 0.15) is 5.82 Å². The lowest BCUT2D eigenvalue weighted by Gasteiger charge is -1.96. The summed E-state index contributed by atoms with van der Waals surface area (Å²) in [5.74, 6) is 1.08. The maximum atomic E-state index is 5.45. The quantitative estimate of drug-likeness (QED) is 0.756. The summed E-state index contributed by atoms with van der Waals surface area (Å²) in [6, 6.07) is 4.16. The van der Waals surface area contributed by atoms with Crippen LogP contribution in [-0.2, 0) is 6.42 Å². The van der Waals surface area contributed by atoms with Gasteiger partial charge in [-0.1, -0.05) is 12.5 Å². The fourth-order valence-corrected chi connectivity index (χ4v) is 2.35. The lowest BCUT2D eigenvalue weighted by molar-refractivity contribution is 0.673. The normalized spacial score (nSPS) is 10.8. The van der Waals surface area contributed by atoms with E-state index in [1.165, 1.54) is 11.3 Å². The van der Waals surface area contributed by atoms with E-state index in [4.69, 9.17) is 5.73 Å². The number of thiophene rings is 1. The molecule has 2 aromatic heterocycles. The Balaban J connectivity index is 1.88. The van der Waals surface area contributed by atoms with Crippen molar-refractivity contribution in [2.24, 2.45) is 5.73 Å². The Labute approximate surface area is 99.7 Å². The van der Waals surface area contributed by atoms with Crippen LogP contribution in [0.5, 0.6) is 0 Å². The van der Waals surface area contributed by atoms with Gasteiger partial charge >= 0.3 is 0 Å². The van der Waals surface area contributed by atoms with Crippen molar-refractivity contribution in [2.75, 3.05) is 6.54 Å². The van der Waals surface area contributed by atoms with Crippen molar-refractivity contribution < 1.29 is 0 Å². The van der Waals surface area contributed by atoms with Crippen molar-refractivity contribution in [1.29, 1.82) is 0 Å². The summed E-state index contributed by atoms with van der Waals surface area (Å²) in [7, 11) is 0. The zero-order chi connectivity index (χ0) is 11.2. The molecule has 0 bridgehead atoms. The first kappa shape index (κ1) is 11.4. The van der Waals surface area contributed by atoms with E-state index in [1.807, 2.05) is 6.20 Å². The van der Waals surface area contributed by atoms with Crippen molar-refractivity contribution in [3.05, 3.63) is 29.5 Å². The molecule has 0 aliphatic carbocycles. The number of aryl methyl sites for hydroxylation is 1. The van der Waals surface area contributed by atoms with Crippen molar-refractivity contribution in [1.82, 2.24) is 9.97 Å². The second-order valence-electron chi connectivity index (χ2n) is 3.82. The monoisotopic (exact) mass is 235 g/mol. The third kappa shape index (κ3) is 2.93. The highest BCUT2D eigenvalue weighted by atomic mass is 32.1. The van der Waals surface area contributed by atoms with Gasteiger partial charge in [0.25, 0.3) is 0 Å². The number of nitrogens with one attached hydrogen (secondary N) is 1. The molecule has 3 nitrogen and oxygen atoms in total. The highest BCUT2D eigenvalue weighted by Crippen LogP contribution is 2.22. The Hall–Kier alpha value is -1.13. The van der Waals surface area contributed by atoms with Crippen LogP contribution in [0.25, 0.3) is 10.6 Å². The Bertz CT molecular complexity index is 406. The van der Waals surface area contributed by atoms with E-state index in [9.17, 15) is 0 Å². The van der Waals surface area contributed by atoms with Crippen LogP contribution in [0.1, 0.15) is 25.1 Å². The Kier molecular flexibility index (Phi) is 4.13. The van der Waals surface area contributed by atoms with E-state index in [0.717, 1.165) is 37.3 Å². The molecule has 0 spiro atoms. The minimum Gasteiger partial charge on any atom is -0.341 e. The Morgan fingerprint density at radius 2 is 2.25 bits per heavy atom. The molecule has 3 N–H and O–H groups in total. The van der Waals surface area contributed by atoms with Crippen molar-refractivity contribution >= 4 is 11.3 Å². The average Bonchev–Trinajstić information content (AvgIpc) is 2.94. The van der Waals surface area contributed by atoms with Crippen LogP contribution in [-0.4, -0.2) is 16.5 Å². The molecule has 0 saturated carbocycles. The van der Waals surface area contributed by atoms with Crippen LogP contribution in [0.2, 0.25) is 0 Å². The van der Waals surface area contributed by atoms with Gasteiger partial charge in [0.05, 0.1) is 16.8 Å². The third-order valence-electron chi connectivity index (χ3n) is 2.53. The third-order valence-corrected chi connectivity index (χ3v) is 3.44. The van der Waals surface area contributed by atoms with E-state index in [-0.39, 0.29) is 0 Å². The van der Waals surface area contributed by atoms with Gasteiger partial charge in [-0.25, -0.2) is 4.98 Å². The van der Waals surface area contributed by atoms with Gasteiger partial charge < -0.3 is 10.7 Å². The fourth-order valence-electron chi connectivity index (χ4n) is 1.66. The van der Waals surface area contributed by atoms with Crippen LogP contribution < -0.4 is 5.73 Å². The molecule has 0 aliphatic heterocycles. The fraction of sp³-hybridized carbons (Fsp3) is 0.417.